The van der Waals surface area contributed by atoms with E-state index in [-0.39, 0.29) is 29.4 Å². The van der Waals surface area contributed by atoms with Crippen LogP contribution in [-0.4, -0.2) is 72.3 Å². The van der Waals surface area contributed by atoms with Crippen molar-refractivity contribution in [2.24, 2.45) is 5.92 Å². The lowest BCUT2D eigenvalue weighted by Gasteiger charge is -2.38. The van der Waals surface area contributed by atoms with Crippen molar-refractivity contribution >= 4 is 11.4 Å². The lowest BCUT2D eigenvalue weighted by molar-refractivity contribution is 0.0576. The highest BCUT2D eigenvalue weighted by atomic mass is 16.2. The third-order valence-electron chi connectivity index (χ3n) is 5.59. The van der Waals surface area contributed by atoms with Crippen LogP contribution >= 0.6 is 0 Å². The molecule has 0 aromatic carbocycles. The van der Waals surface area contributed by atoms with E-state index >= 15 is 0 Å². The molecule has 0 aliphatic carbocycles. The fourth-order valence-corrected chi connectivity index (χ4v) is 3.89. The van der Waals surface area contributed by atoms with E-state index in [1.807, 2.05) is 13.8 Å². The molecule has 4 rings (SSSR count). The second-order valence-electron chi connectivity index (χ2n) is 7.82. The largest absolute Gasteiger partial charge is 0.336 e. The molecule has 3 aromatic heterocycles. The van der Waals surface area contributed by atoms with Crippen molar-refractivity contribution in [1.29, 1.82) is 5.26 Å². The number of amides is 1. The summed E-state index contributed by atoms with van der Waals surface area (Å²) in [6.45, 7) is 8.28. The maximum Gasteiger partial charge on any atom is 0.276 e. The average molecular weight is 408 g/mol. The fourth-order valence-electron chi connectivity index (χ4n) is 3.89. The van der Waals surface area contributed by atoms with Crippen molar-refractivity contribution in [2.75, 3.05) is 26.2 Å². The predicted octanol–water partition coefficient (Wildman–Crippen LogP) is 0.823. The summed E-state index contributed by atoms with van der Waals surface area (Å²) in [5, 5.41) is 18.1. The number of carbonyl (C=O) groups is 1. The van der Waals surface area contributed by atoms with E-state index in [9.17, 15) is 14.9 Å². The number of fused-ring (bicyclic) bond motifs is 1. The Morgan fingerprint density at radius 1 is 1.27 bits per heavy atom. The molecule has 1 aliphatic rings. The summed E-state index contributed by atoms with van der Waals surface area (Å²) < 4.78 is 2.95. The summed E-state index contributed by atoms with van der Waals surface area (Å²) in [5.41, 5.74) is 1.24. The SMILES string of the molecule is Cc1c(C(=O)N2CCN(C(C#N)C(C)C)CC2)cnn1-c1nn2cccc2c(=O)[nH]1. The highest BCUT2D eigenvalue weighted by Gasteiger charge is 2.29. The third kappa shape index (κ3) is 3.37. The van der Waals surface area contributed by atoms with Gasteiger partial charge in [0.05, 0.1) is 23.5 Å². The molecular weight excluding hydrogens is 384 g/mol. The molecule has 1 N–H and O–H groups in total. The molecule has 1 atom stereocenters. The van der Waals surface area contributed by atoms with Gasteiger partial charge in [-0.3, -0.25) is 19.5 Å². The first kappa shape index (κ1) is 19.8. The molecule has 0 bridgehead atoms. The van der Waals surface area contributed by atoms with E-state index in [4.69, 9.17) is 0 Å². The average Bonchev–Trinajstić information content (AvgIpc) is 3.35. The lowest BCUT2D eigenvalue weighted by atomic mass is 10.0. The molecule has 1 aliphatic heterocycles. The van der Waals surface area contributed by atoms with Crippen molar-refractivity contribution < 1.29 is 4.79 Å². The minimum Gasteiger partial charge on any atom is -0.336 e. The number of nitrogens with zero attached hydrogens (tertiary/aromatic N) is 7. The molecule has 1 fully saturated rings. The first-order valence-corrected chi connectivity index (χ1v) is 9.96. The summed E-state index contributed by atoms with van der Waals surface area (Å²) >= 11 is 0. The smallest absolute Gasteiger partial charge is 0.276 e. The molecule has 3 aromatic rings. The number of hydrogen-bond donors (Lipinski definition) is 1. The molecule has 0 saturated carbocycles. The van der Waals surface area contributed by atoms with Crippen LogP contribution in [0.4, 0.5) is 0 Å². The second kappa shape index (κ2) is 7.76. The maximum atomic E-state index is 13.1. The maximum absolute atomic E-state index is 13.1. The monoisotopic (exact) mass is 408 g/mol. The van der Waals surface area contributed by atoms with Gasteiger partial charge in [-0.15, -0.1) is 5.10 Å². The number of nitriles is 1. The zero-order chi connectivity index (χ0) is 21.4. The summed E-state index contributed by atoms with van der Waals surface area (Å²) in [7, 11) is 0. The Labute approximate surface area is 173 Å². The molecule has 1 unspecified atom stereocenters. The van der Waals surface area contributed by atoms with Crippen LogP contribution in [0.2, 0.25) is 0 Å². The van der Waals surface area contributed by atoms with E-state index in [0.29, 0.717) is 43.0 Å². The van der Waals surface area contributed by atoms with Gasteiger partial charge in [0.1, 0.15) is 11.6 Å². The van der Waals surface area contributed by atoms with Crippen molar-refractivity contribution in [3.63, 3.8) is 0 Å². The van der Waals surface area contributed by atoms with Gasteiger partial charge < -0.3 is 4.90 Å². The quantitative estimate of drug-likeness (QED) is 0.683. The number of aromatic nitrogens is 5. The van der Waals surface area contributed by atoms with E-state index in [2.05, 4.69) is 26.2 Å². The Kier molecular flexibility index (Phi) is 5.13. The molecule has 0 radical (unpaired) electrons. The molecule has 156 valence electrons. The summed E-state index contributed by atoms with van der Waals surface area (Å²) in [6.07, 6.45) is 3.19. The van der Waals surface area contributed by atoms with Gasteiger partial charge in [-0.1, -0.05) is 13.8 Å². The minimum absolute atomic E-state index is 0.110. The molecule has 30 heavy (non-hydrogen) atoms. The predicted molar refractivity (Wildman–Crippen MR) is 109 cm³/mol. The van der Waals surface area contributed by atoms with Crippen LogP contribution < -0.4 is 5.56 Å². The Morgan fingerprint density at radius 2 is 2.00 bits per heavy atom. The van der Waals surface area contributed by atoms with E-state index in [1.54, 1.807) is 30.2 Å². The van der Waals surface area contributed by atoms with Crippen molar-refractivity contribution in [2.45, 2.75) is 26.8 Å². The number of piperazine rings is 1. The number of carbonyl (C=O) groups excluding carboxylic acids is 1. The van der Waals surface area contributed by atoms with Gasteiger partial charge in [0.25, 0.3) is 11.5 Å². The van der Waals surface area contributed by atoms with Crippen LogP contribution in [0.25, 0.3) is 11.5 Å². The van der Waals surface area contributed by atoms with Crippen LogP contribution in [0, 0.1) is 24.2 Å². The Morgan fingerprint density at radius 3 is 2.67 bits per heavy atom. The first-order valence-electron chi connectivity index (χ1n) is 9.96. The van der Waals surface area contributed by atoms with Gasteiger partial charge in [-0.25, -0.2) is 9.20 Å². The van der Waals surface area contributed by atoms with Gasteiger partial charge >= 0.3 is 0 Å². The number of aromatic amines is 1. The number of nitrogens with one attached hydrogen (secondary N) is 1. The molecule has 1 amide bonds. The van der Waals surface area contributed by atoms with Crippen LogP contribution in [0.3, 0.4) is 0 Å². The zero-order valence-corrected chi connectivity index (χ0v) is 17.2. The number of H-pyrrole nitrogens is 1. The zero-order valence-electron chi connectivity index (χ0n) is 17.2. The number of hydrogen-bond acceptors (Lipinski definition) is 6. The van der Waals surface area contributed by atoms with Crippen LogP contribution in [0.1, 0.15) is 29.9 Å². The van der Waals surface area contributed by atoms with Crippen LogP contribution in [0.5, 0.6) is 0 Å². The van der Waals surface area contributed by atoms with Gasteiger partial charge in [0.15, 0.2) is 0 Å². The van der Waals surface area contributed by atoms with Gasteiger partial charge in [0.2, 0.25) is 5.95 Å². The van der Waals surface area contributed by atoms with E-state index in [1.165, 1.54) is 15.4 Å². The Bertz CT molecular complexity index is 1170. The Balaban J connectivity index is 1.53. The normalized spacial score (nSPS) is 16.2. The van der Waals surface area contributed by atoms with Gasteiger partial charge in [-0.2, -0.15) is 10.4 Å². The third-order valence-corrected chi connectivity index (χ3v) is 5.59. The van der Waals surface area contributed by atoms with Gasteiger partial charge in [0, 0.05) is 32.4 Å². The molecule has 10 nitrogen and oxygen atoms in total. The lowest BCUT2D eigenvalue weighted by Crippen LogP contribution is -2.52. The molecule has 0 spiro atoms. The fraction of sp³-hybridized carbons (Fsp3) is 0.450. The molecule has 1 saturated heterocycles. The molecule has 10 heteroatoms. The first-order chi connectivity index (χ1) is 14.4. The topological polar surface area (TPSA) is 115 Å². The summed E-state index contributed by atoms with van der Waals surface area (Å²) in [4.78, 5) is 31.9. The highest BCUT2D eigenvalue weighted by Crippen LogP contribution is 2.17. The van der Waals surface area contributed by atoms with E-state index < -0.39 is 0 Å². The standard InChI is InChI=1S/C20H24N8O2/c1-13(2)17(11-21)25-7-9-26(10-8-25)19(30)15-12-22-28(14(15)3)20-23-18(29)16-5-4-6-27(16)24-20/h4-6,12-13,17H,7-10H2,1-3H3,(H,23,24,29). The van der Waals surface area contributed by atoms with Crippen molar-refractivity contribution in [3.8, 4) is 12.0 Å². The van der Waals surface area contributed by atoms with Crippen molar-refractivity contribution in [3.05, 3.63) is 46.1 Å². The van der Waals surface area contributed by atoms with Crippen molar-refractivity contribution in [1.82, 2.24) is 34.2 Å². The summed E-state index contributed by atoms with van der Waals surface area (Å²) in [5.74, 6) is 0.379. The number of rotatable bonds is 4. The van der Waals surface area contributed by atoms with Gasteiger partial charge in [-0.05, 0) is 25.0 Å². The highest BCUT2D eigenvalue weighted by molar-refractivity contribution is 5.95. The molecule has 4 heterocycles. The van der Waals surface area contributed by atoms with Crippen LogP contribution in [-0.2, 0) is 0 Å². The minimum atomic E-state index is -0.277. The Hall–Kier alpha value is -3.45. The second-order valence-corrected chi connectivity index (χ2v) is 7.82. The summed E-state index contributed by atoms with van der Waals surface area (Å²) in [6, 6.07) is 5.64. The van der Waals surface area contributed by atoms with Crippen LogP contribution in [0.15, 0.2) is 29.3 Å². The van der Waals surface area contributed by atoms with E-state index in [0.717, 1.165) is 0 Å². The molecular formula is C20H24N8O2.